The van der Waals surface area contributed by atoms with E-state index in [0.29, 0.717) is 19.8 Å². The van der Waals surface area contributed by atoms with E-state index in [0.717, 1.165) is 29.5 Å². The summed E-state index contributed by atoms with van der Waals surface area (Å²) in [7, 11) is 0. The van der Waals surface area contributed by atoms with Crippen LogP contribution >= 0.6 is 0 Å². The normalized spacial score (nSPS) is 16.2. The Kier molecular flexibility index (Phi) is 3.90. The van der Waals surface area contributed by atoms with Crippen molar-refractivity contribution < 1.29 is 9.53 Å². The quantitative estimate of drug-likeness (QED) is 0.919. The average molecular weight is 271 g/mol. The number of nitrogens with one attached hydrogen (secondary N) is 1. The Morgan fingerprint density at radius 2 is 2.15 bits per heavy atom. The van der Waals surface area contributed by atoms with Crippen molar-refractivity contribution in [2.45, 2.75) is 0 Å². The number of anilines is 1. The van der Waals surface area contributed by atoms with Gasteiger partial charge in [0.25, 0.3) is 0 Å². The molecule has 0 atom stereocenters. The first-order chi connectivity index (χ1) is 9.83. The molecule has 1 aromatic heterocycles. The molecule has 1 aromatic carbocycles. The molecule has 1 saturated heterocycles. The predicted molar refractivity (Wildman–Crippen MR) is 77.6 cm³/mol. The van der Waals surface area contributed by atoms with Gasteiger partial charge in [-0.2, -0.15) is 0 Å². The molecule has 1 N–H and O–H groups in total. The maximum Gasteiger partial charge on any atom is 0.238 e. The lowest BCUT2D eigenvalue weighted by Gasteiger charge is -2.25. The number of pyridine rings is 1. The van der Waals surface area contributed by atoms with E-state index in [1.807, 2.05) is 24.3 Å². The summed E-state index contributed by atoms with van der Waals surface area (Å²) in [4.78, 5) is 18.3. The smallest absolute Gasteiger partial charge is 0.238 e. The fourth-order valence-corrected chi connectivity index (χ4v) is 2.38. The summed E-state index contributed by atoms with van der Waals surface area (Å²) in [6, 6.07) is 7.74. The summed E-state index contributed by atoms with van der Waals surface area (Å²) in [6.07, 6.45) is 3.53. The standard InChI is InChI=1S/C15H17N3O2/c19-15(11-18-6-8-20-9-7-18)17-14-3-1-2-12-10-16-5-4-13(12)14/h1-5,10H,6-9,11H2,(H,17,19). The van der Waals surface area contributed by atoms with Crippen LogP contribution in [-0.4, -0.2) is 48.6 Å². The van der Waals surface area contributed by atoms with Gasteiger partial charge in [-0.3, -0.25) is 14.7 Å². The van der Waals surface area contributed by atoms with Crippen LogP contribution in [-0.2, 0) is 9.53 Å². The first-order valence-corrected chi connectivity index (χ1v) is 6.75. The zero-order valence-corrected chi connectivity index (χ0v) is 11.2. The highest BCUT2D eigenvalue weighted by Gasteiger charge is 2.14. The van der Waals surface area contributed by atoms with Crippen molar-refractivity contribution in [1.29, 1.82) is 0 Å². The van der Waals surface area contributed by atoms with Crippen LogP contribution in [0.2, 0.25) is 0 Å². The number of rotatable bonds is 3. The van der Waals surface area contributed by atoms with Gasteiger partial charge in [-0.05, 0) is 12.1 Å². The second-order valence-corrected chi connectivity index (χ2v) is 4.84. The van der Waals surface area contributed by atoms with Crippen LogP contribution in [0.1, 0.15) is 0 Å². The van der Waals surface area contributed by atoms with Gasteiger partial charge in [0.05, 0.1) is 19.8 Å². The lowest BCUT2D eigenvalue weighted by atomic mass is 10.1. The maximum atomic E-state index is 12.1. The molecule has 2 heterocycles. The Labute approximate surface area is 117 Å². The van der Waals surface area contributed by atoms with Gasteiger partial charge in [0.15, 0.2) is 0 Å². The minimum atomic E-state index is 0.0104. The molecule has 0 aliphatic carbocycles. The molecule has 0 spiro atoms. The Morgan fingerprint density at radius 3 is 3.00 bits per heavy atom. The third kappa shape index (κ3) is 2.95. The molecule has 1 fully saturated rings. The number of fused-ring (bicyclic) bond motifs is 1. The van der Waals surface area contributed by atoms with Gasteiger partial charge in [-0.25, -0.2) is 0 Å². The second-order valence-electron chi connectivity index (χ2n) is 4.84. The molecule has 0 saturated carbocycles. The number of carbonyl (C=O) groups is 1. The molecule has 0 radical (unpaired) electrons. The number of nitrogens with zero attached hydrogens (tertiary/aromatic N) is 2. The summed E-state index contributed by atoms with van der Waals surface area (Å²) in [5.41, 5.74) is 0.836. The molecule has 5 heteroatoms. The van der Waals surface area contributed by atoms with Crippen LogP contribution in [0, 0.1) is 0 Å². The Balaban J connectivity index is 1.71. The fraction of sp³-hybridized carbons (Fsp3) is 0.333. The summed E-state index contributed by atoms with van der Waals surface area (Å²) in [5, 5.41) is 5.02. The Morgan fingerprint density at radius 1 is 1.30 bits per heavy atom. The molecule has 1 aliphatic rings. The SMILES string of the molecule is O=C(CN1CCOCC1)Nc1cccc2cnccc12. The van der Waals surface area contributed by atoms with E-state index in [2.05, 4.69) is 15.2 Å². The number of benzene rings is 1. The van der Waals surface area contributed by atoms with Crippen LogP contribution in [0.5, 0.6) is 0 Å². The van der Waals surface area contributed by atoms with Gasteiger partial charge < -0.3 is 10.1 Å². The minimum absolute atomic E-state index is 0.0104. The van der Waals surface area contributed by atoms with Gasteiger partial charge in [0.1, 0.15) is 0 Å². The number of hydrogen-bond acceptors (Lipinski definition) is 4. The lowest BCUT2D eigenvalue weighted by Crippen LogP contribution is -2.41. The zero-order chi connectivity index (χ0) is 13.8. The van der Waals surface area contributed by atoms with Gasteiger partial charge in [0, 0.05) is 41.9 Å². The van der Waals surface area contributed by atoms with E-state index in [1.165, 1.54) is 0 Å². The molecular weight excluding hydrogens is 254 g/mol. The zero-order valence-electron chi connectivity index (χ0n) is 11.2. The van der Waals surface area contributed by atoms with Crippen LogP contribution in [0.25, 0.3) is 10.8 Å². The molecule has 5 nitrogen and oxygen atoms in total. The van der Waals surface area contributed by atoms with Crippen molar-refractivity contribution in [1.82, 2.24) is 9.88 Å². The topological polar surface area (TPSA) is 54.5 Å². The number of morpholine rings is 1. The third-order valence-electron chi connectivity index (χ3n) is 3.43. The highest BCUT2D eigenvalue weighted by atomic mass is 16.5. The highest BCUT2D eigenvalue weighted by molar-refractivity contribution is 6.02. The summed E-state index contributed by atoms with van der Waals surface area (Å²) < 4.78 is 5.28. The molecule has 1 amide bonds. The third-order valence-corrected chi connectivity index (χ3v) is 3.43. The van der Waals surface area contributed by atoms with Crippen molar-refractivity contribution in [2.75, 3.05) is 38.2 Å². The second kappa shape index (κ2) is 5.98. The average Bonchev–Trinajstić information content (AvgIpc) is 2.48. The van der Waals surface area contributed by atoms with E-state index in [9.17, 15) is 4.79 Å². The van der Waals surface area contributed by atoms with Gasteiger partial charge >= 0.3 is 0 Å². The molecule has 0 unspecified atom stereocenters. The number of aromatic nitrogens is 1. The van der Waals surface area contributed by atoms with E-state index < -0.39 is 0 Å². The van der Waals surface area contributed by atoms with Crippen LogP contribution in [0.15, 0.2) is 36.7 Å². The predicted octanol–water partition coefficient (Wildman–Crippen LogP) is 1.51. The highest BCUT2D eigenvalue weighted by Crippen LogP contribution is 2.22. The minimum Gasteiger partial charge on any atom is -0.379 e. The molecule has 0 bridgehead atoms. The van der Waals surface area contributed by atoms with Crippen molar-refractivity contribution >= 4 is 22.4 Å². The van der Waals surface area contributed by atoms with E-state index >= 15 is 0 Å². The lowest BCUT2D eigenvalue weighted by molar-refractivity contribution is -0.118. The number of amides is 1. The molecular formula is C15H17N3O2. The molecule has 104 valence electrons. The van der Waals surface area contributed by atoms with E-state index in [-0.39, 0.29) is 5.91 Å². The van der Waals surface area contributed by atoms with Crippen LogP contribution < -0.4 is 5.32 Å². The first-order valence-electron chi connectivity index (χ1n) is 6.75. The van der Waals surface area contributed by atoms with Crippen molar-refractivity contribution in [3.63, 3.8) is 0 Å². The maximum absolute atomic E-state index is 12.1. The van der Waals surface area contributed by atoms with Crippen molar-refractivity contribution in [3.8, 4) is 0 Å². The summed E-state index contributed by atoms with van der Waals surface area (Å²) in [5.74, 6) is 0.0104. The molecule has 2 aromatic rings. The fourth-order valence-electron chi connectivity index (χ4n) is 2.38. The summed E-state index contributed by atoms with van der Waals surface area (Å²) >= 11 is 0. The van der Waals surface area contributed by atoms with Crippen molar-refractivity contribution in [2.24, 2.45) is 0 Å². The molecule has 3 rings (SSSR count). The molecule has 20 heavy (non-hydrogen) atoms. The Hall–Kier alpha value is -1.98. The van der Waals surface area contributed by atoms with Crippen LogP contribution in [0.3, 0.4) is 0 Å². The number of hydrogen-bond donors (Lipinski definition) is 1. The monoisotopic (exact) mass is 271 g/mol. The van der Waals surface area contributed by atoms with Crippen molar-refractivity contribution in [3.05, 3.63) is 36.7 Å². The van der Waals surface area contributed by atoms with E-state index in [4.69, 9.17) is 4.74 Å². The number of carbonyl (C=O) groups excluding carboxylic acids is 1. The number of ether oxygens (including phenoxy) is 1. The van der Waals surface area contributed by atoms with Crippen LogP contribution in [0.4, 0.5) is 5.69 Å². The first kappa shape index (κ1) is 13.0. The van der Waals surface area contributed by atoms with Gasteiger partial charge in [-0.15, -0.1) is 0 Å². The Bertz CT molecular complexity index is 604. The molecule has 1 aliphatic heterocycles. The van der Waals surface area contributed by atoms with Gasteiger partial charge in [0.2, 0.25) is 5.91 Å². The van der Waals surface area contributed by atoms with E-state index in [1.54, 1.807) is 12.4 Å². The largest absolute Gasteiger partial charge is 0.379 e. The van der Waals surface area contributed by atoms with Gasteiger partial charge in [-0.1, -0.05) is 12.1 Å². The summed E-state index contributed by atoms with van der Waals surface area (Å²) in [6.45, 7) is 3.44.